The van der Waals surface area contributed by atoms with E-state index in [0.29, 0.717) is 0 Å². The smallest absolute Gasteiger partial charge is 0.312 e. The second-order valence-electron chi connectivity index (χ2n) is 5.04. The normalized spacial score (nSPS) is 21.7. The summed E-state index contributed by atoms with van der Waals surface area (Å²) in [5, 5.41) is 9.27. The average molecular weight is 257 g/mol. The van der Waals surface area contributed by atoms with Crippen LogP contribution in [-0.2, 0) is 9.59 Å². The van der Waals surface area contributed by atoms with Crippen LogP contribution in [0.1, 0.15) is 24.3 Å². The largest absolute Gasteiger partial charge is 0.481 e. The van der Waals surface area contributed by atoms with Gasteiger partial charge in [0.05, 0.1) is 0 Å². The maximum absolute atomic E-state index is 12.5. The molecule has 0 spiro atoms. The number of para-hydroxylation sites is 1. The van der Waals surface area contributed by atoms with Crippen LogP contribution in [0.25, 0.3) is 0 Å². The van der Waals surface area contributed by atoms with Crippen molar-refractivity contribution in [1.82, 2.24) is 0 Å². The van der Waals surface area contributed by atoms with Gasteiger partial charge in [0.2, 0.25) is 5.91 Å². The van der Waals surface area contributed by atoms with Crippen molar-refractivity contribution in [2.45, 2.75) is 18.8 Å². The summed E-state index contributed by atoms with van der Waals surface area (Å²) in [5.74, 6) is -1.45. The highest BCUT2D eigenvalue weighted by Gasteiger charge is 2.38. The SMILES string of the molecule is O=C(O)[C@H]1CN(C(=O)C2CC=CC2)c2ccccc21. The maximum Gasteiger partial charge on any atom is 0.312 e. The molecule has 1 amide bonds. The van der Waals surface area contributed by atoms with Crippen molar-refractivity contribution in [3.8, 4) is 0 Å². The highest BCUT2D eigenvalue weighted by Crippen LogP contribution is 2.38. The van der Waals surface area contributed by atoms with Gasteiger partial charge in [0.15, 0.2) is 0 Å². The van der Waals surface area contributed by atoms with E-state index in [1.807, 2.05) is 30.4 Å². The number of carbonyl (C=O) groups excluding carboxylic acids is 1. The number of rotatable bonds is 2. The molecular formula is C15H15NO3. The molecule has 3 rings (SSSR count). The Balaban J connectivity index is 1.92. The van der Waals surface area contributed by atoms with Crippen LogP contribution in [-0.4, -0.2) is 23.5 Å². The minimum Gasteiger partial charge on any atom is -0.481 e. The van der Waals surface area contributed by atoms with Crippen molar-refractivity contribution >= 4 is 17.6 Å². The van der Waals surface area contributed by atoms with Gasteiger partial charge >= 0.3 is 5.97 Å². The molecule has 1 aliphatic heterocycles. The average Bonchev–Trinajstić information content (AvgIpc) is 3.05. The van der Waals surface area contributed by atoms with Gasteiger partial charge in [-0.15, -0.1) is 0 Å². The van der Waals surface area contributed by atoms with E-state index in [4.69, 9.17) is 0 Å². The van der Waals surface area contributed by atoms with Crippen molar-refractivity contribution in [3.63, 3.8) is 0 Å². The van der Waals surface area contributed by atoms with Crippen LogP contribution < -0.4 is 4.90 Å². The molecule has 0 saturated heterocycles. The van der Waals surface area contributed by atoms with Crippen molar-refractivity contribution in [3.05, 3.63) is 42.0 Å². The van der Waals surface area contributed by atoms with Gasteiger partial charge in [0, 0.05) is 18.2 Å². The number of carbonyl (C=O) groups is 2. The molecule has 0 unspecified atom stereocenters. The van der Waals surface area contributed by atoms with Gasteiger partial charge in [-0.3, -0.25) is 9.59 Å². The fourth-order valence-electron chi connectivity index (χ4n) is 2.87. The first-order valence-electron chi connectivity index (χ1n) is 6.46. The first-order chi connectivity index (χ1) is 9.18. The van der Waals surface area contributed by atoms with E-state index >= 15 is 0 Å². The minimum atomic E-state index is -0.868. The van der Waals surface area contributed by atoms with E-state index in [1.54, 1.807) is 11.0 Å². The number of hydrogen-bond acceptors (Lipinski definition) is 2. The lowest BCUT2D eigenvalue weighted by atomic mass is 10.0. The number of carboxylic acids is 1. The van der Waals surface area contributed by atoms with E-state index in [0.717, 1.165) is 24.1 Å². The molecule has 4 nitrogen and oxygen atoms in total. The molecule has 0 fully saturated rings. The maximum atomic E-state index is 12.5. The summed E-state index contributed by atoms with van der Waals surface area (Å²) in [6.45, 7) is 0.254. The molecule has 98 valence electrons. The molecule has 19 heavy (non-hydrogen) atoms. The van der Waals surface area contributed by atoms with Crippen molar-refractivity contribution in [2.24, 2.45) is 5.92 Å². The zero-order chi connectivity index (χ0) is 13.4. The van der Waals surface area contributed by atoms with Crippen LogP contribution in [0.4, 0.5) is 5.69 Å². The van der Waals surface area contributed by atoms with E-state index in [2.05, 4.69) is 0 Å². The molecular weight excluding hydrogens is 242 g/mol. The Bertz CT molecular complexity index is 556. The molecule has 1 aromatic carbocycles. The van der Waals surface area contributed by atoms with E-state index in [1.165, 1.54) is 0 Å². The van der Waals surface area contributed by atoms with Crippen molar-refractivity contribution in [2.75, 3.05) is 11.4 Å². The lowest BCUT2D eigenvalue weighted by Crippen LogP contribution is -2.35. The molecule has 0 bridgehead atoms. The number of benzene rings is 1. The lowest BCUT2D eigenvalue weighted by molar-refractivity contribution is -0.138. The van der Waals surface area contributed by atoms with Gasteiger partial charge in [-0.25, -0.2) is 0 Å². The summed E-state index contributed by atoms with van der Waals surface area (Å²) in [5.41, 5.74) is 1.50. The summed E-state index contributed by atoms with van der Waals surface area (Å²) in [7, 11) is 0. The van der Waals surface area contributed by atoms with Crippen LogP contribution >= 0.6 is 0 Å². The standard InChI is InChI=1S/C15H15NO3/c17-14(10-5-1-2-6-10)16-9-12(15(18)19)11-7-3-4-8-13(11)16/h1-4,7-8,10,12H,5-6,9H2,(H,18,19)/t12-/m0/s1. The molecule has 1 aliphatic carbocycles. The van der Waals surface area contributed by atoms with Gasteiger partial charge in [0.1, 0.15) is 5.92 Å². The van der Waals surface area contributed by atoms with E-state index < -0.39 is 11.9 Å². The van der Waals surface area contributed by atoms with Crippen LogP contribution in [0.5, 0.6) is 0 Å². The van der Waals surface area contributed by atoms with Gasteiger partial charge in [0.25, 0.3) is 0 Å². The molecule has 1 atom stereocenters. The minimum absolute atomic E-state index is 0.0272. The molecule has 1 heterocycles. The third-order valence-electron chi connectivity index (χ3n) is 3.89. The molecule has 0 radical (unpaired) electrons. The second kappa shape index (κ2) is 4.53. The Hall–Kier alpha value is -2.10. The van der Waals surface area contributed by atoms with Gasteiger partial charge in [-0.05, 0) is 24.5 Å². The molecule has 2 aliphatic rings. The number of anilines is 1. The Morgan fingerprint density at radius 2 is 1.84 bits per heavy atom. The Kier molecular flexibility index (Phi) is 2.85. The van der Waals surface area contributed by atoms with Gasteiger partial charge < -0.3 is 10.0 Å². The van der Waals surface area contributed by atoms with E-state index in [9.17, 15) is 14.7 Å². The molecule has 1 N–H and O–H groups in total. The lowest BCUT2D eigenvalue weighted by Gasteiger charge is -2.21. The highest BCUT2D eigenvalue weighted by molar-refractivity contribution is 6.00. The topological polar surface area (TPSA) is 57.6 Å². The van der Waals surface area contributed by atoms with Crippen molar-refractivity contribution < 1.29 is 14.7 Å². The van der Waals surface area contributed by atoms with Crippen LogP contribution in [0.3, 0.4) is 0 Å². The van der Waals surface area contributed by atoms with E-state index in [-0.39, 0.29) is 18.4 Å². The Labute approximate surface area is 111 Å². The number of hydrogen-bond donors (Lipinski definition) is 1. The summed E-state index contributed by atoms with van der Waals surface area (Å²) in [6, 6.07) is 7.29. The number of aliphatic carboxylic acids is 1. The quantitative estimate of drug-likeness (QED) is 0.826. The predicted molar refractivity (Wildman–Crippen MR) is 71.0 cm³/mol. The monoisotopic (exact) mass is 257 g/mol. The fraction of sp³-hybridized carbons (Fsp3) is 0.333. The first-order valence-corrected chi connectivity index (χ1v) is 6.46. The molecule has 4 heteroatoms. The Morgan fingerprint density at radius 3 is 2.53 bits per heavy atom. The predicted octanol–water partition coefficient (Wildman–Crippen LogP) is 2.17. The van der Waals surface area contributed by atoms with Crippen LogP contribution in [0.15, 0.2) is 36.4 Å². The third-order valence-corrected chi connectivity index (χ3v) is 3.89. The zero-order valence-corrected chi connectivity index (χ0v) is 10.5. The number of nitrogens with zero attached hydrogens (tertiary/aromatic N) is 1. The summed E-state index contributed by atoms with van der Waals surface area (Å²) < 4.78 is 0. The second-order valence-corrected chi connectivity index (χ2v) is 5.04. The number of fused-ring (bicyclic) bond motifs is 1. The molecule has 0 aromatic heterocycles. The Morgan fingerprint density at radius 1 is 1.16 bits per heavy atom. The summed E-state index contributed by atoms with van der Waals surface area (Å²) >= 11 is 0. The van der Waals surface area contributed by atoms with Crippen molar-refractivity contribution in [1.29, 1.82) is 0 Å². The van der Waals surface area contributed by atoms with Gasteiger partial charge in [-0.1, -0.05) is 30.4 Å². The fourth-order valence-corrected chi connectivity index (χ4v) is 2.87. The molecule has 1 aromatic rings. The molecule has 0 saturated carbocycles. The number of amides is 1. The van der Waals surface area contributed by atoms with Gasteiger partial charge in [-0.2, -0.15) is 0 Å². The summed E-state index contributed by atoms with van der Waals surface area (Å²) in [6.07, 6.45) is 5.54. The summed E-state index contributed by atoms with van der Waals surface area (Å²) in [4.78, 5) is 25.4. The van der Waals surface area contributed by atoms with Crippen LogP contribution in [0, 0.1) is 5.92 Å². The number of carboxylic acid groups (broad SMARTS) is 1. The zero-order valence-electron chi connectivity index (χ0n) is 10.5. The van der Waals surface area contributed by atoms with Crippen LogP contribution in [0.2, 0.25) is 0 Å². The first kappa shape index (κ1) is 12.0. The number of allylic oxidation sites excluding steroid dienone is 2. The third kappa shape index (κ3) is 1.93. The highest BCUT2D eigenvalue weighted by atomic mass is 16.4.